The lowest BCUT2D eigenvalue weighted by Gasteiger charge is -2.33. The summed E-state index contributed by atoms with van der Waals surface area (Å²) in [5.41, 5.74) is 1.51. The summed E-state index contributed by atoms with van der Waals surface area (Å²) in [6.07, 6.45) is 8.83. The van der Waals surface area contributed by atoms with E-state index in [-0.39, 0.29) is 17.5 Å². The number of anilines is 1. The summed E-state index contributed by atoms with van der Waals surface area (Å²) in [5.74, 6) is 0.359. The molecule has 1 N–H and O–H groups in total. The molecule has 4 rings (SSSR count). The molecule has 0 bridgehead atoms. The van der Waals surface area contributed by atoms with Crippen LogP contribution in [-0.4, -0.2) is 39.0 Å². The van der Waals surface area contributed by atoms with E-state index in [2.05, 4.69) is 10.3 Å². The molecule has 1 aliphatic rings. The zero-order chi connectivity index (χ0) is 18.1. The second-order valence-corrected chi connectivity index (χ2v) is 6.69. The fourth-order valence-electron chi connectivity index (χ4n) is 3.44. The fourth-order valence-corrected chi connectivity index (χ4v) is 3.44. The van der Waals surface area contributed by atoms with Gasteiger partial charge in [-0.1, -0.05) is 6.07 Å². The number of nitrogens with one attached hydrogen (secondary N) is 1. The van der Waals surface area contributed by atoms with Crippen molar-refractivity contribution >= 4 is 17.2 Å². The second-order valence-electron chi connectivity index (χ2n) is 6.69. The van der Waals surface area contributed by atoms with Gasteiger partial charge in [-0.25, -0.2) is 4.98 Å². The molecule has 0 spiro atoms. The van der Waals surface area contributed by atoms with Crippen molar-refractivity contribution < 1.29 is 4.79 Å². The van der Waals surface area contributed by atoms with E-state index in [0.717, 1.165) is 24.9 Å². The van der Waals surface area contributed by atoms with Crippen molar-refractivity contribution in [1.29, 1.82) is 0 Å². The first-order chi connectivity index (χ1) is 12.6. The van der Waals surface area contributed by atoms with Gasteiger partial charge in [0, 0.05) is 56.5 Å². The minimum absolute atomic E-state index is 0.00836. The van der Waals surface area contributed by atoms with Crippen LogP contribution in [0.3, 0.4) is 0 Å². The largest absolute Gasteiger partial charge is 0.350 e. The Morgan fingerprint density at radius 2 is 2.19 bits per heavy atom. The number of amides is 1. The van der Waals surface area contributed by atoms with Crippen LogP contribution in [0.25, 0.3) is 5.52 Å². The van der Waals surface area contributed by atoms with Gasteiger partial charge in [0.1, 0.15) is 0 Å². The summed E-state index contributed by atoms with van der Waals surface area (Å²) in [6, 6.07) is 7.72. The minimum atomic E-state index is -0.113. The smallest absolute Gasteiger partial charge is 0.293 e. The van der Waals surface area contributed by atoms with Crippen LogP contribution < -0.4 is 15.8 Å². The molecular weight excluding hydrogens is 330 g/mol. The molecule has 7 heteroatoms. The van der Waals surface area contributed by atoms with Gasteiger partial charge in [0.15, 0.2) is 5.82 Å². The van der Waals surface area contributed by atoms with Crippen LogP contribution in [0.1, 0.15) is 23.2 Å². The third kappa shape index (κ3) is 3.08. The predicted octanol–water partition coefficient (Wildman–Crippen LogP) is 1.43. The molecule has 0 aliphatic carbocycles. The van der Waals surface area contributed by atoms with Crippen LogP contribution in [0.5, 0.6) is 0 Å². The molecule has 1 fully saturated rings. The Labute approximate surface area is 150 Å². The monoisotopic (exact) mass is 351 g/mol. The molecule has 1 aliphatic heterocycles. The number of hydrogen-bond acceptors (Lipinski definition) is 4. The zero-order valence-corrected chi connectivity index (χ0v) is 14.6. The third-order valence-electron chi connectivity index (χ3n) is 4.82. The first kappa shape index (κ1) is 16.4. The molecule has 1 amide bonds. The maximum atomic E-state index is 12.6. The minimum Gasteiger partial charge on any atom is -0.350 e. The van der Waals surface area contributed by atoms with Gasteiger partial charge in [0.2, 0.25) is 0 Å². The molecule has 1 atom stereocenters. The molecule has 4 heterocycles. The summed E-state index contributed by atoms with van der Waals surface area (Å²) in [5, 5.41) is 3.10. The summed E-state index contributed by atoms with van der Waals surface area (Å²) >= 11 is 0. The molecule has 0 radical (unpaired) electrons. The van der Waals surface area contributed by atoms with Gasteiger partial charge in [-0.15, -0.1) is 0 Å². The van der Waals surface area contributed by atoms with Gasteiger partial charge in [-0.2, -0.15) is 0 Å². The average molecular weight is 351 g/mol. The normalized spacial score (nSPS) is 17.4. The van der Waals surface area contributed by atoms with Crippen molar-refractivity contribution in [3.05, 3.63) is 65.0 Å². The highest BCUT2D eigenvalue weighted by atomic mass is 16.2. The molecule has 26 heavy (non-hydrogen) atoms. The number of pyridine rings is 1. The number of piperidine rings is 1. The van der Waals surface area contributed by atoms with Gasteiger partial charge >= 0.3 is 0 Å². The Hall–Kier alpha value is -3.09. The van der Waals surface area contributed by atoms with Crippen LogP contribution in [0.4, 0.5) is 5.82 Å². The first-order valence-corrected chi connectivity index (χ1v) is 8.76. The number of nitrogens with zero attached hydrogens (tertiary/aromatic N) is 4. The van der Waals surface area contributed by atoms with E-state index in [1.165, 1.54) is 4.57 Å². The van der Waals surface area contributed by atoms with E-state index in [9.17, 15) is 9.59 Å². The Morgan fingerprint density at radius 3 is 3.04 bits per heavy atom. The van der Waals surface area contributed by atoms with E-state index in [0.29, 0.717) is 17.9 Å². The molecule has 0 aromatic carbocycles. The van der Waals surface area contributed by atoms with Crippen molar-refractivity contribution in [2.45, 2.75) is 18.9 Å². The van der Waals surface area contributed by atoms with Gasteiger partial charge in [0.05, 0.1) is 5.56 Å². The number of fused-ring (bicyclic) bond motifs is 1. The Bertz CT molecular complexity index is 973. The molecule has 3 aromatic heterocycles. The topological polar surface area (TPSA) is 71.6 Å². The number of aromatic nitrogens is 3. The predicted molar refractivity (Wildman–Crippen MR) is 99.6 cm³/mol. The number of hydrogen-bond donors (Lipinski definition) is 1. The number of carbonyl (C=O) groups excluding carboxylic acids is 1. The molecule has 3 aromatic rings. The van der Waals surface area contributed by atoms with Crippen molar-refractivity contribution in [2.24, 2.45) is 7.05 Å². The molecule has 0 unspecified atom stereocenters. The van der Waals surface area contributed by atoms with Crippen LogP contribution in [0.2, 0.25) is 0 Å². The van der Waals surface area contributed by atoms with Crippen LogP contribution in [-0.2, 0) is 7.05 Å². The lowest BCUT2D eigenvalue weighted by molar-refractivity contribution is 0.0933. The first-order valence-electron chi connectivity index (χ1n) is 8.76. The average Bonchev–Trinajstić information content (AvgIpc) is 3.09. The molecule has 134 valence electrons. The molecule has 7 nitrogen and oxygen atoms in total. The molecular formula is C19H21N5O2. The van der Waals surface area contributed by atoms with Crippen LogP contribution in [0, 0.1) is 0 Å². The Morgan fingerprint density at radius 1 is 1.31 bits per heavy atom. The quantitative estimate of drug-likeness (QED) is 0.775. The van der Waals surface area contributed by atoms with Gasteiger partial charge in [-0.3, -0.25) is 9.59 Å². The van der Waals surface area contributed by atoms with E-state index < -0.39 is 0 Å². The standard InChI is InChI=1S/C19H21N5O2/c1-22-10-7-20-17(19(22)26)24-9-4-5-15(13-24)21-18(25)14-11-16-6-2-3-8-23(16)12-14/h2-3,6-8,10-12,15H,4-5,9,13H2,1H3,(H,21,25)/t15-/m0/s1. The van der Waals surface area contributed by atoms with Gasteiger partial charge < -0.3 is 19.2 Å². The van der Waals surface area contributed by atoms with Crippen LogP contribution in [0.15, 0.2) is 53.8 Å². The second kappa shape index (κ2) is 6.67. The Kier molecular flexibility index (Phi) is 4.20. The highest BCUT2D eigenvalue weighted by Crippen LogP contribution is 2.16. The maximum Gasteiger partial charge on any atom is 0.293 e. The van der Waals surface area contributed by atoms with Crippen molar-refractivity contribution in [1.82, 2.24) is 19.3 Å². The zero-order valence-electron chi connectivity index (χ0n) is 14.6. The van der Waals surface area contributed by atoms with E-state index >= 15 is 0 Å². The van der Waals surface area contributed by atoms with E-state index in [4.69, 9.17) is 0 Å². The summed E-state index contributed by atoms with van der Waals surface area (Å²) in [4.78, 5) is 31.1. The fraction of sp³-hybridized carbons (Fsp3) is 0.316. The lowest BCUT2D eigenvalue weighted by atomic mass is 10.1. The van der Waals surface area contributed by atoms with Crippen molar-refractivity contribution in [3.8, 4) is 0 Å². The summed E-state index contributed by atoms with van der Waals surface area (Å²) in [7, 11) is 1.72. The summed E-state index contributed by atoms with van der Waals surface area (Å²) < 4.78 is 3.46. The van der Waals surface area contributed by atoms with E-state index in [1.54, 1.807) is 19.4 Å². The number of aryl methyl sites for hydroxylation is 1. The SMILES string of the molecule is Cn1ccnc(N2CCC[C@H](NC(=O)c3cc4ccccn4c3)C2)c1=O. The van der Waals surface area contributed by atoms with Gasteiger partial charge in [-0.05, 0) is 31.0 Å². The highest BCUT2D eigenvalue weighted by Gasteiger charge is 2.24. The maximum absolute atomic E-state index is 12.6. The van der Waals surface area contributed by atoms with E-state index in [1.807, 2.05) is 46.0 Å². The number of carbonyl (C=O) groups is 1. The Balaban J connectivity index is 1.48. The lowest BCUT2D eigenvalue weighted by Crippen LogP contribution is -2.49. The molecule has 0 saturated carbocycles. The third-order valence-corrected chi connectivity index (χ3v) is 4.82. The van der Waals surface area contributed by atoms with Gasteiger partial charge in [0.25, 0.3) is 11.5 Å². The summed E-state index contributed by atoms with van der Waals surface area (Å²) in [6.45, 7) is 1.36. The van der Waals surface area contributed by atoms with Crippen molar-refractivity contribution in [3.63, 3.8) is 0 Å². The highest BCUT2D eigenvalue weighted by molar-refractivity contribution is 5.95. The van der Waals surface area contributed by atoms with Crippen LogP contribution >= 0.6 is 0 Å². The molecule has 1 saturated heterocycles. The number of rotatable bonds is 3. The van der Waals surface area contributed by atoms with Crippen molar-refractivity contribution in [2.75, 3.05) is 18.0 Å².